The number of aromatic nitrogens is 2. The number of aryl methyl sites for hydroxylation is 1. The summed E-state index contributed by atoms with van der Waals surface area (Å²) in [5.74, 6) is 0.368. The van der Waals surface area contributed by atoms with E-state index in [1.165, 1.54) is 5.56 Å². The van der Waals surface area contributed by atoms with Gasteiger partial charge in [-0.05, 0) is 30.4 Å². The van der Waals surface area contributed by atoms with Crippen LogP contribution in [0.25, 0.3) is 0 Å². The van der Waals surface area contributed by atoms with Crippen LogP contribution in [0.5, 0.6) is 0 Å². The minimum Gasteiger partial charge on any atom is -0.345 e. The van der Waals surface area contributed by atoms with Gasteiger partial charge in [-0.2, -0.15) is 11.8 Å². The van der Waals surface area contributed by atoms with Crippen molar-refractivity contribution in [3.63, 3.8) is 0 Å². The number of benzene rings is 1. The lowest BCUT2D eigenvalue weighted by atomic mass is 10.0. The van der Waals surface area contributed by atoms with Gasteiger partial charge >= 0.3 is 0 Å². The highest BCUT2D eigenvalue weighted by Crippen LogP contribution is 2.32. The Morgan fingerprint density at radius 2 is 2.17 bits per heavy atom. The first-order valence-corrected chi connectivity index (χ1v) is 9.47. The van der Waals surface area contributed by atoms with E-state index in [2.05, 4.69) is 23.4 Å². The molecule has 7 heteroatoms. The smallest absolute Gasteiger partial charge is 0.187 e. The van der Waals surface area contributed by atoms with Crippen LogP contribution in [0.2, 0.25) is 5.02 Å². The van der Waals surface area contributed by atoms with Crippen molar-refractivity contribution >= 4 is 35.8 Å². The molecule has 0 N–H and O–H groups in total. The summed E-state index contributed by atoms with van der Waals surface area (Å²) in [5, 5.41) is 0.760. The highest BCUT2D eigenvalue weighted by molar-refractivity contribution is 7.98. The highest BCUT2D eigenvalue weighted by Gasteiger charge is 2.41. The summed E-state index contributed by atoms with van der Waals surface area (Å²) >= 11 is 7.74. The molecule has 4 nitrogen and oxygen atoms in total. The van der Waals surface area contributed by atoms with Crippen molar-refractivity contribution in [2.75, 3.05) is 18.6 Å². The van der Waals surface area contributed by atoms with Gasteiger partial charge in [0.2, 0.25) is 0 Å². The summed E-state index contributed by atoms with van der Waals surface area (Å²) in [7, 11) is 0. The molecular weight excluding hydrogens is 367 g/mol. The van der Waals surface area contributed by atoms with Gasteiger partial charge < -0.3 is 14.0 Å². The van der Waals surface area contributed by atoms with Gasteiger partial charge in [-0.3, -0.25) is 0 Å². The predicted octanol–water partition coefficient (Wildman–Crippen LogP) is 4.07. The number of hydrogen-bond acceptors (Lipinski definition) is 4. The fourth-order valence-corrected chi connectivity index (χ4v) is 3.48. The maximum absolute atomic E-state index is 6.29. The molecule has 0 unspecified atom stereocenters. The van der Waals surface area contributed by atoms with Crippen molar-refractivity contribution in [3.05, 3.63) is 53.6 Å². The van der Waals surface area contributed by atoms with Crippen LogP contribution in [-0.4, -0.2) is 40.1 Å². The van der Waals surface area contributed by atoms with Gasteiger partial charge in [0.1, 0.15) is 0 Å². The third-order valence-electron chi connectivity index (χ3n) is 3.96. The van der Waals surface area contributed by atoms with Crippen LogP contribution < -0.4 is 0 Å². The van der Waals surface area contributed by atoms with Crippen molar-refractivity contribution in [1.29, 1.82) is 0 Å². The molecule has 132 valence electrons. The Labute approximate surface area is 158 Å². The van der Waals surface area contributed by atoms with Crippen LogP contribution in [0.3, 0.4) is 0 Å². The molecule has 0 bridgehead atoms. The molecule has 0 spiro atoms. The minimum atomic E-state index is -0.583. The summed E-state index contributed by atoms with van der Waals surface area (Å²) < 4.78 is 14.4. The third kappa shape index (κ3) is 5.14. The quantitative estimate of drug-likeness (QED) is 0.716. The zero-order valence-corrected chi connectivity index (χ0v) is 15.9. The Morgan fingerprint density at radius 1 is 1.38 bits per heavy atom. The molecule has 2 heterocycles. The Bertz CT molecular complexity index is 610. The van der Waals surface area contributed by atoms with E-state index in [0.29, 0.717) is 13.2 Å². The molecule has 0 amide bonds. The maximum atomic E-state index is 6.29. The summed E-state index contributed by atoms with van der Waals surface area (Å²) in [6.07, 6.45) is 9.46. The predicted molar refractivity (Wildman–Crippen MR) is 101 cm³/mol. The first-order valence-electron chi connectivity index (χ1n) is 7.70. The zero-order chi connectivity index (χ0) is 16.1. The van der Waals surface area contributed by atoms with E-state index < -0.39 is 5.79 Å². The number of rotatable bonds is 7. The first-order chi connectivity index (χ1) is 11.2. The standard InChI is InChI=1S/C17H21ClN2O2S.ClH/c1-23-11-16-10-21-17(22-16,12-20-9-8-19-13-20)7-6-14-2-4-15(18)5-3-14;/h2-5,8-9,13,16H,6-7,10-12H2,1H3;1H/t16-,17+;/m0./s1. The molecule has 0 aliphatic carbocycles. The number of thioether (sulfide) groups is 1. The Kier molecular flexibility index (Phi) is 7.44. The molecule has 2 aromatic rings. The summed E-state index contributed by atoms with van der Waals surface area (Å²) in [4.78, 5) is 4.11. The second kappa shape index (κ2) is 9.11. The molecule has 1 aliphatic heterocycles. The normalized spacial score (nSPS) is 23.2. The maximum Gasteiger partial charge on any atom is 0.187 e. The number of nitrogens with zero attached hydrogens (tertiary/aromatic N) is 2. The topological polar surface area (TPSA) is 36.3 Å². The lowest BCUT2D eigenvalue weighted by Crippen LogP contribution is -2.37. The van der Waals surface area contributed by atoms with E-state index in [9.17, 15) is 0 Å². The van der Waals surface area contributed by atoms with Crippen LogP contribution in [0.1, 0.15) is 12.0 Å². The van der Waals surface area contributed by atoms with Crippen LogP contribution >= 0.6 is 35.8 Å². The largest absolute Gasteiger partial charge is 0.345 e. The molecular formula is C17H22Cl2N2O2S. The van der Waals surface area contributed by atoms with E-state index in [4.69, 9.17) is 21.1 Å². The van der Waals surface area contributed by atoms with E-state index in [-0.39, 0.29) is 18.5 Å². The van der Waals surface area contributed by atoms with Crippen LogP contribution in [0, 0.1) is 0 Å². The van der Waals surface area contributed by atoms with Crippen LogP contribution in [0.4, 0.5) is 0 Å². The summed E-state index contributed by atoms with van der Waals surface area (Å²) in [6, 6.07) is 7.96. The van der Waals surface area contributed by atoms with Crippen molar-refractivity contribution in [1.82, 2.24) is 9.55 Å². The average molecular weight is 389 g/mol. The van der Waals surface area contributed by atoms with Gasteiger partial charge in [-0.15, -0.1) is 12.4 Å². The minimum absolute atomic E-state index is 0. The highest BCUT2D eigenvalue weighted by atomic mass is 35.5. The van der Waals surface area contributed by atoms with Crippen molar-refractivity contribution in [2.45, 2.75) is 31.3 Å². The molecule has 1 saturated heterocycles. The molecule has 1 fully saturated rings. The van der Waals surface area contributed by atoms with E-state index in [1.807, 2.05) is 22.9 Å². The van der Waals surface area contributed by atoms with Gasteiger partial charge in [0.25, 0.3) is 0 Å². The Hall–Kier alpha value is -0.720. The van der Waals surface area contributed by atoms with Gasteiger partial charge in [-0.1, -0.05) is 23.7 Å². The number of imidazole rings is 1. The molecule has 1 aromatic carbocycles. The van der Waals surface area contributed by atoms with Gasteiger partial charge in [-0.25, -0.2) is 4.98 Å². The lowest BCUT2D eigenvalue weighted by Gasteiger charge is -2.28. The summed E-state index contributed by atoms with van der Waals surface area (Å²) in [6.45, 7) is 1.31. The van der Waals surface area contributed by atoms with E-state index in [1.54, 1.807) is 24.3 Å². The molecule has 24 heavy (non-hydrogen) atoms. The van der Waals surface area contributed by atoms with Gasteiger partial charge in [0, 0.05) is 29.6 Å². The lowest BCUT2D eigenvalue weighted by molar-refractivity contribution is -0.180. The van der Waals surface area contributed by atoms with Crippen LogP contribution in [0.15, 0.2) is 43.0 Å². The molecule has 1 aromatic heterocycles. The van der Waals surface area contributed by atoms with E-state index >= 15 is 0 Å². The molecule has 1 aliphatic rings. The molecule has 3 rings (SSSR count). The van der Waals surface area contributed by atoms with Crippen LogP contribution in [-0.2, 0) is 22.4 Å². The SMILES string of the molecule is CSC[C@@H]1CO[C@@](CCc2ccc(Cl)cc2)(Cn2ccnc2)O1.Cl. The fourth-order valence-electron chi connectivity index (χ4n) is 2.82. The average Bonchev–Trinajstić information content (AvgIpc) is 3.18. The van der Waals surface area contributed by atoms with E-state index in [0.717, 1.165) is 23.6 Å². The number of halogens is 2. The zero-order valence-electron chi connectivity index (χ0n) is 13.6. The van der Waals surface area contributed by atoms with Gasteiger partial charge in [0.05, 0.1) is 25.6 Å². The summed E-state index contributed by atoms with van der Waals surface area (Å²) in [5.41, 5.74) is 1.24. The Balaban J connectivity index is 0.00000208. The van der Waals surface area contributed by atoms with Crippen molar-refractivity contribution in [2.24, 2.45) is 0 Å². The molecule has 0 radical (unpaired) electrons. The Morgan fingerprint density at radius 3 is 2.83 bits per heavy atom. The van der Waals surface area contributed by atoms with Gasteiger partial charge in [0.15, 0.2) is 5.79 Å². The molecule has 2 atom stereocenters. The van der Waals surface area contributed by atoms with Crippen molar-refractivity contribution in [3.8, 4) is 0 Å². The monoisotopic (exact) mass is 388 g/mol. The first kappa shape index (κ1) is 19.6. The number of ether oxygens (including phenoxy) is 2. The number of hydrogen-bond donors (Lipinski definition) is 0. The second-order valence-electron chi connectivity index (χ2n) is 5.78. The molecule has 0 saturated carbocycles. The second-order valence-corrected chi connectivity index (χ2v) is 7.13. The third-order valence-corrected chi connectivity index (χ3v) is 4.91. The van der Waals surface area contributed by atoms with Crippen molar-refractivity contribution < 1.29 is 9.47 Å². The fraction of sp³-hybridized carbons (Fsp3) is 0.471.